The summed E-state index contributed by atoms with van der Waals surface area (Å²) in [6.07, 6.45) is 3.08. The van der Waals surface area contributed by atoms with Gasteiger partial charge < -0.3 is 9.84 Å². The predicted molar refractivity (Wildman–Crippen MR) is 79.4 cm³/mol. The fourth-order valence-corrected chi connectivity index (χ4v) is 4.76. The fourth-order valence-electron chi connectivity index (χ4n) is 3.38. The van der Waals surface area contributed by atoms with E-state index in [4.69, 9.17) is 4.74 Å². The lowest BCUT2D eigenvalue weighted by atomic mass is 9.73. The Hall–Kier alpha value is -0.510. The molecule has 2 nitrogen and oxygen atoms in total. The summed E-state index contributed by atoms with van der Waals surface area (Å²) in [5.41, 5.74) is 0.320. The molecule has 0 radical (unpaired) electrons. The van der Waals surface area contributed by atoms with Gasteiger partial charge in [-0.05, 0) is 43.4 Å². The molecule has 3 atom stereocenters. The minimum atomic E-state index is -0.745. The van der Waals surface area contributed by atoms with Gasteiger partial charge in [0, 0.05) is 12.4 Å². The summed E-state index contributed by atoms with van der Waals surface area (Å²) in [6.45, 7) is 2.75. The highest BCUT2D eigenvalue weighted by atomic mass is 32.2. The SMILES string of the molecule is CC(O)(c1ccccc1)C1CCOC2(CCSC2)C1. The lowest BCUT2D eigenvalue weighted by Crippen LogP contribution is -2.46. The Balaban J connectivity index is 1.81. The molecule has 0 amide bonds. The van der Waals surface area contributed by atoms with Crippen molar-refractivity contribution in [1.82, 2.24) is 0 Å². The van der Waals surface area contributed by atoms with Crippen LogP contribution >= 0.6 is 11.8 Å². The summed E-state index contributed by atoms with van der Waals surface area (Å²) < 4.78 is 6.06. The maximum absolute atomic E-state index is 11.0. The van der Waals surface area contributed by atoms with Gasteiger partial charge in [-0.3, -0.25) is 0 Å². The highest BCUT2D eigenvalue weighted by Crippen LogP contribution is 2.46. The minimum absolute atomic E-state index is 0.0341. The first-order valence-electron chi connectivity index (χ1n) is 7.12. The summed E-state index contributed by atoms with van der Waals surface area (Å²) in [7, 11) is 0. The highest BCUT2D eigenvalue weighted by molar-refractivity contribution is 7.99. The molecule has 1 aromatic rings. The van der Waals surface area contributed by atoms with Gasteiger partial charge in [-0.25, -0.2) is 0 Å². The Kier molecular flexibility index (Phi) is 3.63. The van der Waals surface area contributed by atoms with E-state index in [1.807, 2.05) is 49.0 Å². The van der Waals surface area contributed by atoms with Crippen LogP contribution in [0.3, 0.4) is 0 Å². The number of benzene rings is 1. The van der Waals surface area contributed by atoms with Crippen LogP contribution in [-0.2, 0) is 10.3 Å². The first kappa shape index (κ1) is 13.5. The molecule has 0 saturated carbocycles. The molecule has 3 rings (SSSR count). The second-order valence-electron chi connectivity index (χ2n) is 6.04. The van der Waals surface area contributed by atoms with Crippen molar-refractivity contribution in [1.29, 1.82) is 0 Å². The van der Waals surface area contributed by atoms with E-state index in [-0.39, 0.29) is 5.60 Å². The van der Waals surface area contributed by atoms with Gasteiger partial charge in [-0.1, -0.05) is 30.3 Å². The monoisotopic (exact) mass is 278 g/mol. The van der Waals surface area contributed by atoms with Crippen molar-refractivity contribution in [2.45, 2.75) is 37.4 Å². The first-order chi connectivity index (χ1) is 9.12. The second-order valence-corrected chi connectivity index (χ2v) is 7.14. The van der Waals surface area contributed by atoms with Crippen molar-refractivity contribution in [2.75, 3.05) is 18.1 Å². The van der Waals surface area contributed by atoms with E-state index >= 15 is 0 Å². The van der Waals surface area contributed by atoms with Gasteiger partial charge in [-0.15, -0.1) is 0 Å². The van der Waals surface area contributed by atoms with Crippen LogP contribution in [0.4, 0.5) is 0 Å². The lowest BCUT2D eigenvalue weighted by molar-refractivity contribution is -0.129. The van der Waals surface area contributed by atoms with Gasteiger partial charge >= 0.3 is 0 Å². The van der Waals surface area contributed by atoms with Crippen LogP contribution in [0.15, 0.2) is 30.3 Å². The summed E-state index contributed by atoms with van der Waals surface area (Å²) in [5, 5.41) is 11.0. The van der Waals surface area contributed by atoms with Crippen LogP contribution in [0, 0.1) is 5.92 Å². The molecule has 2 aliphatic rings. The van der Waals surface area contributed by atoms with E-state index in [1.165, 1.54) is 5.75 Å². The van der Waals surface area contributed by atoms with Crippen molar-refractivity contribution < 1.29 is 9.84 Å². The van der Waals surface area contributed by atoms with E-state index in [1.54, 1.807) is 0 Å². The highest BCUT2D eigenvalue weighted by Gasteiger charge is 2.46. The van der Waals surface area contributed by atoms with Crippen LogP contribution in [0.2, 0.25) is 0 Å². The van der Waals surface area contributed by atoms with Crippen molar-refractivity contribution in [3.05, 3.63) is 35.9 Å². The normalized spacial score (nSPS) is 34.3. The smallest absolute Gasteiger partial charge is 0.0898 e. The third-order valence-electron chi connectivity index (χ3n) is 4.71. The molecular weight excluding hydrogens is 256 g/mol. The van der Waals surface area contributed by atoms with E-state index in [9.17, 15) is 5.11 Å². The molecule has 2 aliphatic heterocycles. The fraction of sp³-hybridized carbons (Fsp3) is 0.625. The molecule has 0 bridgehead atoms. The quantitative estimate of drug-likeness (QED) is 0.901. The standard InChI is InChI=1S/C16H22O2S/c1-15(17,13-5-3-2-4-6-13)14-7-9-18-16(11-14)8-10-19-12-16/h2-6,14,17H,7-12H2,1H3. The topological polar surface area (TPSA) is 29.5 Å². The van der Waals surface area contributed by atoms with E-state index < -0.39 is 5.60 Å². The molecule has 1 aromatic carbocycles. The van der Waals surface area contributed by atoms with Crippen LogP contribution in [0.1, 0.15) is 31.7 Å². The summed E-state index contributed by atoms with van der Waals surface area (Å²) in [4.78, 5) is 0. The summed E-state index contributed by atoms with van der Waals surface area (Å²) in [5.74, 6) is 2.58. The maximum atomic E-state index is 11.0. The van der Waals surface area contributed by atoms with Crippen LogP contribution in [0.5, 0.6) is 0 Å². The Labute approximate surface area is 119 Å². The molecule has 0 aromatic heterocycles. The van der Waals surface area contributed by atoms with Crippen molar-refractivity contribution in [2.24, 2.45) is 5.92 Å². The molecule has 2 saturated heterocycles. The Morgan fingerprint density at radius 1 is 1.37 bits per heavy atom. The third-order valence-corrected chi connectivity index (χ3v) is 5.94. The molecule has 1 N–H and O–H groups in total. The van der Waals surface area contributed by atoms with Gasteiger partial charge in [0.05, 0.1) is 11.2 Å². The van der Waals surface area contributed by atoms with Crippen LogP contribution in [-0.4, -0.2) is 28.8 Å². The largest absolute Gasteiger partial charge is 0.385 e. The van der Waals surface area contributed by atoms with Gasteiger partial charge in [-0.2, -0.15) is 11.8 Å². The lowest BCUT2D eigenvalue weighted by Gasteiger charge is -2.43. The predicted octanol–water partition coefficient (Wildman–Crippen LogP) is 3.20. The molecule has 19 heavy (non-hydrogen) atoms. The summed E-state index contributed by atoms with van der Waals surface area (Å²) in [6, 6.07) is 10.1. The average molecular weight is 278 g/mol. The van der Waals surface area contributed by atoms with Gasteiger partial charge in [0.15, 0.2) is 0 Å². The van der Waals surface area contributed by atoms with Crippen LogP contribution < -0.4 is 0 Å². The molecule has 2 fully saturated rings. The Morgan fingerprint density at radius 3 is 2.84 bits per heavy atom. The molecule has 1 spiro atoms. The number of ether oxygens (including phenoxy) is 1. The zero-order valence-electron chi connectivity index (χ0n) is 11.5. The van der Waals surface area contributed by atoms with Crippen molar-refractivity contribution in [3.63, 3.8) is 0 Å². The average Bonchev–Trinajstić information content (AvgIpc) is 2.88. The molecule has 2 heterocycles. The van der Waals surface area contributed by atoms with E-state index in [2.05, 4.69) is 0 Å². The zero-order chi connectivity index (χ0) is 13.3. The number of hydrogen-bond donors (Lipinski definition) is 1. The van der Waals surface area contributed by atoms with Crippen molar-refractivity contribution >= 4 is 11.8 Å². The first-order valence-corrected chi connectivity index (χ1v) is 8.27. The van der Waals surface area contributed by atoms with Gasteiger partial charge in [0.25, 0.3) is 0 Å². The number of rotatable bonds is 2. The zero-order valence-corrected chi connectivity index (χ0v) is 12.3. The van der Waals surface area contributed by atoms with E-state index in [0.717, 1.165) is 37.2 Å². The number of aliphatic hydroxyl groups is 1. The second kappa shape index (κ2) is 5.12. The molecule has 3 unspecified atom stereocenters. The molecule has 0 aliphatic carbocycles. The Bertz CT molecular complexity index is 424. The van der Waals surface area contributed by atoms with Crippen LogP contribution in [0.25, 0.3) is 0 Å². The molecule has 104 valence electrons. The number of thioether (sulfide) groups is 1. The van der Waals surface area contributed by atoms with Gasteiger partial charge in [0.1, 0.15) is 0 Å². The van der Waals surface area contributed by atoms with E-state index in [0.29, 0.717) is 5.92 Å². The summed E-state index contributed by atoms with van der Waals surface area (Å²) >= 11 is 1.98. The molecule has 3 heteroatoms. The molecular formula is C16H22O2S. The third kappa shape index (κ3) is 2.56. The van der Waals surface area contributed by atoms with Gasteiger partial charge in [0.2, 0.25) is 0 Å². The van der Waals surface area contributed by atoms with Crippen molar-refractivity contribution in [3.8, 4) is 0 Å². The number of hydrogen-bond acceptors (Lipinski definition) is 3. The Morgan fingerprint density at radius 2 is 2.16 bits per heavy atom. The minimum Gasteiger partial charge on any atom is -0.385 e. The maximum Gasteiger partial charge on any atom is 0.0898 e.